The molecule has 0 aliphatic carbocycles. The lowest BCUT2D eigenvalue weighted by atomic mass is 10.1. The van der Waals surface area contributed by atoms with Crippen molar-refractivity contribution < 1.29 is 0 Å². The first-order chi connectivity index (χ1) is 9.88. The Bertz CT molecular complexity index is 558. The fourth-order valence-corrected chi connectivity index (χ4v) is 3.02. The summed E-state index contributed by atoms with van der Waals surface area (Å²) < 4.78 is 0. The first-order valence-electron chi connectivity index (χ1n) is 7.32. The second-order valence-electron chi connectivity index (χ2n) is 6.41. The fraction of sp³-hybridized carbons (Fsp3) is 0.471. The van der Waals surface area contributed by atoms with E-state index in [1.165, 1.54) is 16.1 Å². The number of hydrogen-bond acceptors (Lipinski definition) is 4. The van der Waals surface area contributed by atoms with Crippen LogP contribution in [0.3, 0.4) is 0 Å². The second-order valence-corrected chi connectivity index (χ2v) is 7.39. The number of nitrogens with one attached hydrogen (secondary N) is 1. The lowest BCUT2D eigenvalue weighted by Crippen LogP contribution is -2.35. The highest BCUT2D eigenvalue weighted by Gasteiger charge is 2.17. The minimum Gasteiger partial charge on any atom is -0.367 e. The molecule has 2 aromatic rings. The van der Waals surface area contributed by atoms with Crippen LogP contribution in [-0.4, -0.2) is 17.6 Å². The third-order valence-electron chi connectivity index (χ3n) is 3.60. The highest BCUT2D eigenvalue weighted by molar-refractivity contribution is 7.10. The Hall–Kier alpha value is -1.39. The number of rotatable bonds is 5. The largest absolute Gasteiger partial charge is 0.367 e. The first kappa shape index (κ1) is 16.0. The summed E-state index contributed by atoms with van der Waals surface area (Å²) in [6.45, 7) is 9.62. The Kier molecular flexibility index (Phi) is 5.01. The molecule has 0 radical (unpaired) electrons. The van der Waals surface area contributed by atoms with Gasteiger partial charge in [-0.1, -0.05) is 6.07 Å². The van der Waals surface area contributed by atoms with E-state index >= 15 is 0 Å². The van der Waals surface area contributed by atoms with Crippen LogP contribution in [0.15, 0.2) is 36.0 Å². The number of thiophene rings is 1. The molecule has 0 saturated carbocycles. The molecule has 0 amide bonds. The second kappa shape index (κ2) is 6.58. The normalized spacial score (nSPS) is 13.2. The van der Waals surface area contributed by atoms with E-state index in [0.29, 0.717) is 6.04 Å². The van der Waals surface area contributed by atoms with Crippen molar-refractivity contribution in [2.24, 2.45) is 0 Å². The Morgan fingerprint density at radius 2 is 2.10 bits per heavy atom. The minimum absolute atomic E-state index is 0.102. The van der Waals surface area contributed by atoms with Gasteiger partial charge in [-0.3, -0.25) is 4.98 Å². The zero-order valence-corrected chi connectivity index (χ0v) is 14.4. The van der Waals surface area contributed by atoms with Gasteiger partial charge in [-0.15, -0.1) is 11.3 Å². The molecule has 2 heterocycles. The molecule has 1 N–H and O–H groups in total. The number of aromatic nitrogens is 1. The highest BCUT2D eigenvalue weighted by Crippen LogP contribution is 2.30. The van der Waals surface area contributed by atoms with E-state index in [1.807, 2.05) is 12.4 Å². The van der Waals surface area contributed by atoms with E-state index in [0.717, 1.165) is 6.54 Å². The molecule has 4 heteroatoms. The Morgan fingerprint density at radius 3 is 2.71 bits per heavy atom. The molecule has 0 aromatic carbocycles. The molecule has 3 nitrogen and oxygen atoms in total. The summed E-state index contributed by atoms with van der Waals surface area (Å²) in [6.07, 6.45) is 3.83. The maximum absolute atomic E-state index is 4.29. The highest BCUT2D eigenvalue weighted by atomic mass is 32.1. The topological polar surface area (TPSA) is 28.2 Å². The molecule has 0 saturated heterocycles. The molecule has 0 aliphatic heterocycles. The fourth-order valence-electron chi connectivity index (χ4n) is 2.19. The third kappa shape index (κ3) is 4.29. The van der Waals surface area contributed by atoms with Gasteiger partial charge >= 0.3 is 0 Å². The summed E-state index contributed by atoms with van der Waals surface area (Å²) in [5.74, 6) is 0. The molecule has 114 valence electrons. The van der Waals surface area contributed by atoms with Crippen molar-refractivity contribution in [2.75, 3.05) is 11.9 Å². The summed E-state index contributed by atoms with van der Waals surface area (Å²) in [6, 6.07) is 6.77. The van der Waals surface area contributed by atoms with Crippen molar-refractivity contribution in [1.82, 2.24) is 10.3 Å². The van der Waals surface area contributed by atoms with Crippen LogP contribution in [-0.2, 0) is 6.54 Å². The molecule has 0 aliphatic rings. The Balaban J connectivity index is 2.19. The van der Waals surface area contributed by atoms with E-state index in [1.54, 1.807) is 11.3 Å². The lowest BCUT2D eigenvalue weighted by molar-refractivity contribution is 0.424. The zero-order valence-electron chi connectivity index (χ0n) is 13.6. The summed E-state index contributed by atoms with van der Waals surface area (Å²) in [4.78, 5) is 7.99. The summed E-state index contributed by atoms with van der Waals surface area (Å²) >= 11 is 1.80. The van der Waals surface area contributed by atoms with Crippen molar-refractivity contribution in [2.45, 2.75) is 45.8 Å². The monoisotopic (exact) mass is 303 g/mol. The van der Waals surface area contributed by atoms with E-state index < -0.39 is 0 Å². The van der Waals surface area contributed by atoms with E-state index in [4.69, 9.17) is 0 Å². The molecule has 2 rings (SSSR count). The van der Waals surface area contributed by atoms with Gasteiger partial charge in [-0.05, 0) is 45.2 Å². The van der Waals surface area contributed by atoms with Crippen LogP contribution in [0.4, 0.5) is 5.69 Å². The average molecular weight is 303 g/mol. The van der Waals surface area contributed by atoms with Gasteiger partial charge in [-0.25, -0.2) is 0 Å². The number of anilines is 1. The van der Waals surface area contributed by atoms with Crippen molar-refractivity contribution in [3.63, 3.8) is 0 Å². The van der Waals surface area contributed by atoms with Crippen molar-refractivity contribution >= 4 is 17.0 Å². The van der Waals surface area contributed by atoms with Crippen LogP contribution < -0.4 is 10.2 Å². The predicted octanol–water partition coefficient (Wildman–Crippen LogP) is 4.23. The van der Waals surface area contributed by atoms with Gasteiger partial charge in [-0.2, -0.15) is 0 Å². The quantitative estimate of drug-likeness (QED) is 0.896. The molecule has 0 spiro atoms. The molecule has 0 fully saturated rings. The number of pyridine rings is 1. The lowest BCUT2D eigenvalue weighted by Gasteiger charge is -2.29. The predicted molar refractivity (Wildman–Crippen MR) is 92.0 cm³/mol. The summed E-state index contributed by atoms with van der Waals surface area (Å²) in [5.41, 5.74) is 2.58. The molecule has 2 aromatic heterocycles. The van der Waals surface area contributed by atoms with Gasteiger partial charge < -0.3 is 10.2 Å². The molecular weight excluding hydrogens is 278 g/mol. The van der Waals surface area contributed by atoms with E-state index in [-0.39, 0.29) is 5.54 Å². The van der Waals surface area contributed by atoms with Crippen LogP contribution >= 0.6 is 11.3 Å². The van der Waals surface area contributed by atoms with Gasteiger partial charge in [0.05, 0.1) is 6.04 Å². The van der Waals surface area contributed by atoms with E-state index in [9.17, 15) is 0 Å². The van der Waals surface area contributed by atoms with Gasteiger partial charge in [0.15, 0.2) is 0 Å². The zero-order chi connectivity index (χ0) is 15.5. The summed E-state index contributed by atoms with van der Waals surface area (Å²) in [5, 5.41) is 5.68. The van der Waals surface area contributed by atoms with Gasteiger partial charge in [0.25, 0.3) is 0 Å². The maximum atomic E-state index is 4.29. The smallest absolute Gasteiger partial charge is 0.0603 e. The van der Waals surface area contributed by atoms with Gasteiger partial charge in [0.1, 0.15) is 0 Å². The first-order valence-corrected chi connectivity index (χ1v) is 8.20. The van der Waals surface area contributed by atoms with Crippen LogP contribution in [0.1, 0.15) is 44.2 Å². The van der Waals surface area contributed by atoms with Crippen LogP contribution in [0.2, 0.25) is 0 Å². The Morgan fingerprint density at radius 1 is 1.33 bits per heavy atom. The third-order valence-corrected chi connectivity index (χ3v) is 4.65. The van der Waals surface area contributed by atoms with Crippen molar-refractivity contribution in [1.29, 1.82) is 0 Å². The molecule has 1 unspecified atom stereocenters. The average Bonchev–Trinajstić information content (AvgIpc) is 2.97. The van der Waals surface area contributed by atoms with Crippen molar-refractivity contribution in [3.05, 3.63) is 46.4 Å². The molecule has 1 atom stereocenters. The van der Waals surface area contributed by atoms with Crippen LogP contribution in [0, 0.1) is 0 Å². The van der Waals surface area contributed by atoms with E-state index in [2.05, 4.69) is 73.5 Å². The molecular formula is C17H25N3S. The number of nitrogens with zero attached hydrogens (tertiary/aromatic N) is 2. The van der Waals surface area contributed by atoms with Gasteiger partial charge in [0.2, 0.25) is 0 Å². The SMILES string of the molecule is CC(c1cccs1)N(C)c1ccncc1CNC(C)(C)C. The summed E-state index contributed by atoms with van der Waals surface area (Å²) in [7, 11) is 2.15. The minimum atomic E-state index is 0.102. The molecule has 21 heavy (non-hydrogen) atoms. The van der Waals surface area contributed by atoms with Crippen LogP contribution in [0.5, 0.6) is 0 Å². The molecule has 0 bridgehead atoms. The van der Waals surface area contributed by atoms with Crippen molar-refractivity contribution in [3.8, 4) is 0 Å². The number of hydrogen-bond donors (Lipinski definition) is 1. The standard InChI is InChI=1S/C17H25N3S/c1-13(16-7-6-10-21-16)20(5)15-8-9-18-11-14(15)12-19-17(2,3)4/h6-11,13,19H,12H2,1-5H3. The Labute approximate surface area is 132 Å². The van der Waals surface area contributed by atoms with Crippen LogP contribution in [0.25, 0.3) is 0 Å². The maximum Gasteiger partial charge on any atom is 0.0603 e. The van der Waals surface area contributed by atoms with Gasteiger partial charge in [0, 0.05) is 47.7 Å².